The molecular formula is C29H29N5O2. The maximum absolute atomic E-state index is 13.6. The molecule has 0 radical (unpaired) electrons. The molecule has 0 saturated carbocycles. The minimum Gasteiger partial charge on any atom is -0.497 e. The summed E-state index contributed by atoms with van der Waals surface area (Å²) in [5.74, 6) is 2.40. The zero-order valence-electron chi connectivity index (χ0n) is 20.3. The van der Waals surface area contributed by atoms with E-state index in [0.29, 0.717) is 12.4 Å². The number of carbonyl (C=O) groups excluding carboxylic acids is 1. The molecule has 2 aromatic heterocycles. The first kappa shape index (κ1) is 23.5. The molecule has 0 atom stereocenters. The SMILES string of the molecule is COc1ccc(-c2ccc(N3CCC(C(=O)N(Cc4ccccc4)c4ccccn4)CC3)nn2)cc1. The van der Waals surface area contributed by atoms with E-state index in [1.807, 2.05) is 89.8 Å². The highest BCUT2D eigenvalue weighted by atomic mass is 16.5. The van der Waals surface area contributed by atoms with Crippen LogP contribution < -0.4 is 14.5 Å². The number of pyridine rings is 1. The van der Waals surface area contributed by atoms with E-state index in [0.717, 1.165) is 54.3 Å². The normalized spacial score (nSPS) is 13.9. The van der Waals surface area contributed by atoms with Gasteiger partial charge in [-0.3, -0.25) is 9.69 Å². The van der Waals surface area contributed by atoms with E-state index in [9.17, 15) is 4.79 Å². The Balaban J connectivity index is 1.24. The van der Waals surface area contributed by atoms with Crippen LogP contribution in [0.15, 0.2) is 91.1 Å². The van der Waals surface area contributed by atoms with E-state index in [2.05, 4.69) is 20.1 Å². The lowest BCUT2D eigenvalue weighted by Crippen LogP contribution is -2.43. The Labute approximate surface area is 211 Å². The fraction of sp³-hybridized carbons (Fsp3) is 0.241. The predicted molar refractivity (Wildman–Crippen MR) is 141 cm³/mol. The van der Waals surface area contributed by atoms with Gasteiger partial charge in [0.1, 0.15) is 11.6 Å². The number of anilines is 2. The van der Waals surface area contributed by atoms with Gasteiger partial charge in [-0.25, -0.2) is 4.98 Å². The van der Waals surface area contributed by atoms with Crippen LogP contribution in [0.2, 0.25) is 0 Å². The Hall–Kier alpha value is -4.26. The molecule has 0 unspecified atom stereocenters. The van der Waals surface area contributed by atoms with Crippen LogP contribution in [-0.2, 0) is 11.3 Å². The fourth-order valence-corrected chi connectivity index (χ4v) is 4.54. The molecule has 5 rings (SSSR count). The first-order valence-electron chi connectivity index (χ1n) is 12.2. The van der Waals surface area contributed by atoms with Crippen molar-refractivity contribution in [3.05, 3.63) is 96.7 Å². The number of hydrogen-bond acceptors (Lipinski definition) is 6. The molecule has 1 saturated heterocycles. The van der Waals surface area contributed by atoms with E-state index < -0.39 is 0 Å². The molecule has 1 aliphatic rings. The van der Waals surface area contributed by atoms with Gasteiger partial charge in [-0.2, -0.15) is 0 Å². The molecule has 0 spiro atoms. The van der Waals surface area contributed by atoms with E-state index >= 15 is 0 Å². The molecule has 1 aliphatic heterocycles. The number of hydrogen-bond donors (Lipinski definition) is 0. The van der Waals surface area contributed by atoms with Gasteiger partial charge in [-0.15, -0.1) is 10.2 Å². The first-order valence-corrected chi connectivity index (χ1v) is 12.2. The Kier molecular flexibility index (Phi) is 7.17. The minimum absolute atomic E-state index is 0.0569. The zero-order chi connectivity index (χ0) is 24.7. The van der Waals surface area contributed by atoms with Gasteiger partial charge in [0.05, 0.1) is 19.3 Å². The Morgan fingerprint density at radius 1 is 0.917 bits per heavy atom. The predicted octanol–water partition coefficient (Wildman–Crippen LogP) is 5.00. The molecule has 1 fully saturated rings. The van der Waals surface area contributed by atoms with E-state index in [1.165, 1.54) is 0 Å². The third-order valence-electron chi connectivity index (χ3n) is 6.58. The first-order chi connectivity index (χ1) is 17.7. The topological polar surface area (TPSA) is 71.5 Å². The molecule has 182 valence electrons. The zero-order valence-corrected chi connectivity index (χ0v) is 20.3. The molecule has 3 heterocycles. The van der Waals surface area contributed by atoms with Crippen LogP contribution in [-0.4, -0.2) is 41.3 Å². The number of aromatic nitrogens is 3. The molecule has 0 N–H and O–H groups in total. The van der Waals surface area contributed by atoms with Gasteiger partial charge in [-0.05, 0) is 66.9 Å². The van der Waals surface area contributed by atoms with Gasteiger partial charge in [0.15, 0.2) is 5.82 Å². The number of benzene rings is 2. The highest BCUT2D eigenvalue weighted by molar-refractivity contribution is 5.94. The number of methoxy groups -OCH3 is 1. The summed E-state index contributed by atoms with van der Waals surface area (Å²) in [6.45, 7) is 2.03. The van der Waals surface area contributed by atoms with E-state index in [4.69, 9.17) is 4.74 Å². The number of ether oxygens (including phenoxy) is 1. The molecule has 36 heavy (non-hydrogen) atoms. The van der Waals surface area contributed by atoms with Crippen LogP contribution >= 0.6 is 0 Å². The molecule has 2 aromatic carbocycles. The summed E-state index contributed by atoms with van der Waals surface area (Å²) in [6, 6.07) is 27.5. The summed E-state index contributed by atoms with van der Waals surface area (Å²) in [7, 11) is 1.65. The van der Waals surface area contributed by atoms with Crippen molar-refractivity contribution in [3.63, 3.8) is 0 Å². The van der Waals surface area contributed by atoms with Crippen molar-refractivity contribution in [3.8, 4) is 17.0 Å². The third-order valence-corrected chi connectivity index (χ3v) is 6.58. The van der Waals surface area contributed by atoms with Gasteiger partial charge >= 0.3 is 0 Å². The summed E-state index contributed by atoms with van der Waals surface area (Å²) in [5, 5.41) is 8.90. The van der Waals surface area contributed by atoms with Gasteiger partial charge in [0.25, 0.3) is 0 Å². The quantitative estimate of drug-likeness (QED) is 0.372. The summed E-state index contributed by atoms with van der Waals surface area (Å²) < 4.78 is 5.23. The number of piperidine rings is 1. The van der Waals surface area contributed by atoms with Crippen LogP contribution in [0.1, 0.15) is 18.4 Å². The molecule has 4 aromatic rings. The van der Waals surface area contributed by atoms with Crippen LogP contribution in [0.5, 0.6) is 5.75 Å². The van der Waals surface area contributed by atoms with Crippen molar-refractivity contribution in [1.29, 1.82) is 0 Å². The second-order valence-electron chi connectivity index (χ2n) is 8.86. The smallest absolute Gasteiger partial charge is 0.231 e. The third kappa shape index (κ3) is 5.35. The average Bonchev–Trinajstić information content (AvgIpc) is 2.97. The average molecular weight is 480 g/mol. The lowest BCUT2D eigenvalue weighted by Gasteiger charge is -2.34. The van der Waals surface area contributed by atoms with Crippen LogP contribution in [0.25, 0.3) is 11.3 Å². The van der Waals surface area contributed by atoms with Crippen LogP contribution in [0.4, 0.5) is 11.6 Å². The second-order valence-corrected chi connectivity index (χ2v) is 8.86. The highest BCUT2D eigenvalue weighted by Crippen LogP contribution is 2.27. The summed E-state index contributed by atoms with van der Waals surface area (Å²) in [6.07, 6.45) is 3.26. The standard InChI is InChI=1S/C29H29N5O2/c1-36-25-12-10-23(11-13-25)26-14-15-28(32-31-26)33-19-16-24(17-20-33)29(35)34(27-9-5-6-18-30-27)21-22-7-3-2-4-8-22/h2-15,18,24H,16-17,19-21H2,1H3. The van der Waals surface area contributed by atoms with E-state index in [-0.39, 0.29) is 11.8 Å². The highest BCUT2D eigenvalue weighted by Gasteiger charge is 2.30. The van der Waals surface area contributed by atoms with Gasteiger partial charge in [0.2, 0.25) is 5.91 Å². The Bertz CT molecular complexity index is 1260. The van der Waals surface area contributed by atoms with Crippen molar-refractivity contribution < 1.29 is 9.53 Å². The number of rotatable bonds is 7. The van der Waals surface area contributed by atoms with Crippen molar-refractivity contribution in [2.45, 2.75) is 19.4 Å². The van der Waals surface area contributed by atoms with Crippen LogP contribution in [0.3, 0.4) is 0 Å². The number of carbonyl (C=O) groups is 1. The van der Waals surface area contributed by atoms with Gasteiger partial charge in [0, 0.05) is 30.8 Å². The van der Waals surface area contributed by atoms with Gasteiger partial charge < -0.3 is 9.64 Å². The molecule has 1 amide bonds. The number of nitrogens with zero attached hydrogens (tertiary/aromatic N) is 5. The van der Waals surface area contributed by atoms with Crippen molar-refractivity contribution in [2.75, 3.05) is 30.0 Å². The van der Waals surface area contributed by atoms with Gasteiger partial charge in [-0.1, -0.05) is 36.4 Å². The molecular weight excluding hydrogens is 450 g/mol. The number of amides is 1. The summed E-state index contributed by atoms with van der Waals surface area (Å²) in [4.78, 5) is 22.1. The Morgan fingerprint density at radius 3 is 2.31 bits per heavy atom. The maximum atomic E-state index is 13.6. The largest absolute Gasteiger partial charge is 0.497 e. The molecule has 7 heteroatoms. The Morgan fingerprint density at radius 2 is 1.67 bits per heavy atom. The lowest BCUT2D eigenvalue weighted by molar-refractivity contribution is -0.123. The molecule has 7 nitrogen and oxygen atoms in total. The van der Waals surface area contributed by atoms with Crippen LogP contribution in [0, 0.1) is 5.92 Å². The monoisotopic (exact) mass is 479 g/mol. The minimum atomic E-state index is -0.0569. The maximum Gasteiger partial charge on any atom is 0.231 e. The van der Waals surface area contributed by atoms with E-state index in [1.54, 1.807) is 13.3 Å². The van der Waals surface area contributed by atoms with Crippen molar-refractivity contribution in [2.24, 2.45) is 5.92 Å². The fourth-order valence-electron chi connectivity index (χ4n) is 4.54. The van der Waals surface area contributed by atoms with Crippen molar-refractivity contribution >= 4 is 17.5 Å². The molecule has 0 aliphatic carbocycles. The summed E-state index contributed by atoms with van der Waals surface area (Å²) >= 11 is 0. The molecule has 0 bridgehead atoms. The lowest BCUT2D eigenvalue weighted by atomic mass is 9.95. The second kappa shape index (κ2) is 11.0. The summed E-state index contributed by atoms with van der Waals surface area (Å²) in [5.41, 5.74) is 2.90. The van der Waals surface area contributed by atoms with Crippen molar-refractivity contribution in [1.82, 2.24) is 15.2 Å².